The summed E-state index contributed by atoms with van der Waals surface area (Å²) in [6.07, 6.45) is -3.13. The molecule has 1 amide bonds. The van der Waals surface area contributed by atoms with Crippen LogP contribution in [0, 0.1) is 11.2 Å². The van der Waals surface area contributed by atoms with Gasteiger partial charge in [-0.3, -0.25) is 4.79 Å². The summed E-state index contributed by atoms with van der Waals surface area (Å²) in [6.45, 7) is 4.82. The van der Waals surface area contributed by atoms with E-state index in [2.05, 4.69) is 15.4 Å². The number of amides is 1. The number of methoxy groups -OCH3 is 1. The fourth-order valence-electron chi connectivity index (χ4n) is 3.36. The molecule has 35 heavy (non-hydrogen) atoms. The molecule has 1 N–H and O–H groups in total. The molecule has 0 saturated heterocycles. The number of hydrogen-bond acceptors (Lipinski definition) is 4. The summed E-state index contributed by atoms with van der Waals surface area (Å²) in [5, 5.41) is 6.78. The minimum absolute atomic E-state index is 0.225. The van der Waals surface area contributed by atoms with Crippen molar-refractivity contribution in [2.75, 3.05) is 12.4 Å². The third-order valence-corrected chi connectivity index (χ3v) is 5.32. The molecule has 4 rings (SSSR count). The van der Waals surface area contributed by atoms with Crippen molar-refractivity contribution in [2.24, 2.45) is 5.41 Å². The van der Waals surface area contributed by atoms with Gasteiger partial charge in [0.05, 0.1) is 35.9 Å². The maximum absolute atomic E-state index is 14.4. The van der Waals surface area contributed by atoms with Crippen LogP contribution in [0.2, 0.25) is 0 Å². The average Bonchev–Trinajstić information content (AvgIpc) is 3.21. The number of nitrogens with zero attached hydrogens (tertiary/aromatic N) is 3. The lowest BCUT2D eigenvalue weighted by molar-refractivity contribution is -0.137. The molecule has 0 fully saturated rings. The van der Waals surface area contributed by atoms with E-state index in [1.54, 1.807) is 32.9 Å². The summed E-state index contributed by atoms with van der Waals surface area (Å²) >= 11 is 0. The fourth-order valence-corrected chi connectivity index (χ4v) is 3.36. The molecule has 2 heterocycles. The largest absolute Gasteiger partial charge is 0.497 e. The number of carbonyl (C=O) groups excluding carboxylic acids is 1. The van der Waals surface area contributed by atoms with Gasteiger partial charge in [-0.15, -0.1) is 0 Å². The van der Waals surface area contributed by atoms with Gasteiger partial charge in [0.25, 0.3) is 0 Å². The van der Waals surface area contributed by atoms with Gasteiger partial charge in [-0.05, 0) is 42.5 Å². The SMILES string of the molecule is COc1ccc(F)c(-c2ccc3nc(-c4ccc(C(F)(F)F)c(NC(=O)C(C)(C)C)c4)cn3n2)c1. The van der Waals surface area contributed by atoms with E-state index in [9.17, 15) is 22.4 Å². The first kappa shape index (κ1) is 24.2. The maximum Gasteiger partial charge on any atom is 0.418 e. The number of ether oxygens (including phenoxy) is 1. The smallest absolute Gasteiger partial charge is 0.418 e. The third-order valence-electron chi connectivity index (χ3n) is 5.32. The first-order valence-electron chi connectivity index (χ1n) is 10.6. The van der Waals surface area contributed by atoms with Crippen LogP contribution in [0.4, 0.5) is 23.2 Å². The summed E-state index contributed by atoms with van der Waals surface area (Å²) in [6, 6.07) is 10.9. The Balaban J connectivity index is 1.76. The van der Waals surface area contributed by atoms with Gasteiger partial charge < -0.3 is 10.1 Å². The van der Waals surface area contributed by atoms with Crippen molar-refractivity contribution in [3.63, 3.8) is 0 Å². The van der Waals surface area contributed by atoms with Crippen LogP contribution in [0.1, 0.15) is 26.3 Å². The minimum Gasteiger partial charge on any atom is -0.497 e. The highest BCUT2D eigenvalue weighted by Crippen LogP contribution is 2.38. The maximum atomic E-state index is 14.4. The van der Waals surface area contributed by atoms with E-state index in [0.717, 1.165) is 6.07 Å². The molecule has 0 bridgehead atoms. The van der Waals surface area contributed by atoms with E-state index in [-0.39, 0.29) is 11.3 Å². The molecule has 6 nitrogen and oxygen atoms in total. The van der Waals surface area contributed by atoms with Gasteiger partial charge in [0.2, 0.25) is 5.91 Å². The number of hydrogen-bond donors (Lipinski definition) is 1. The van der Waals surface area contributed by atoms with Gasteiger partial charge in [0, 0.05) is 16.5 Å². The minimum atomic E-state index is -4.66. The second-order valence-corrected chi connectivity index (χ2v) is 8.96. The van der Waals surface area contributed by atoms with Crippen LogP contribution in [-0.2, 0) is 11.0 Å². The Kier molecular flexibility index (Phi) is 6.00. The molecule has 2 aromatic carbocycles. The lowest BCUT2D eigenvalue weighted by Gasteiger charge is -2.20. The highest BCUT2D eigenvalue weighted by Gasteiger charge is 2.35. The van der Waals surface area contributed by atoms with Gasteiger partial charge >= 0.3 is 6.18 Å². The number of alkyl halides is 3. The Labute approximate surface area is 198 Å². The van der Waals surface area contributed by atoms with Gasteiger partial charge in [0.1, 0.15) is 11.6 Å². The number of carbonyl (C=O) groups is 1. The Bertz CT molecular complexity index is 1420. The number of benzene rings is 2. The monoisotopic (exact) mass is 486 g/mol. The lowest BCUT2D eigenvalue weighted by atomic mass is 9.95. The molecular formula is C25H22F4N4O2. The lowest BCUT2D eigenvalue weighted by Crippen LogP contribution is -2.28. The van der Waals surface area contributed by atoms with Gasteiger partial charge in [-0.25, -0.2) is 13.9 Å². The van der Waals surface area contributed by atoms with Crippen molar-refractivity contribution in [1.82, 2.24) is 14.6 Å². The molecule has 182 valence electrons. The molecular weight excluding hydrogens is 464 g/mol. The third kappa shape index (κ3) is 4.96. The number of halogens is 4. The molecule has 0 radical (unpaired) electrons. The predicted molar refractivity (Wildman–Crippen MR) is 123 cm³/mol. The molecule has 0 aliphatic carbocycles. The van der Waals surface area contributed by atoms with Crippen molar-refractivity contribution >= 4 is 17.2 Å². The Morgan fingerprint density at radius 1 is 1.00 bits per heavy atom. The zero-order valence-electron chi connectivity index (χ0n) is 19.4. The van der Waals surface area contributed by atoms with Crippen LogP contribution in [-0.4, -0.2) is 27.6 Å². The van der Waals surface area contributed by atoms with E-state index >= 15 is 0 Å². The van der Waals surface area contributed by atoms with E-state index in [4.69, 9.17) is 4.74 Å². The number of fused-ring (bicyclic) bond motifs is 1. The van der Waals surface area contributed by atoms with E-state index in [1.165, 1.54) is 48.2 Å². The standard InChI is InChI=1S/C25H22F4N4O2/c1-24(2,3)23(34)31-20-11-14(5-7-17(20)25(27,28)29)21-13-33-22(30-21)10-9-19(32-33)16-12-15(35-4)6-8-18(16)26/h5-13H,1-4H3,(H,31,34). The normalized spacial score (nSPS) is 12.1. The highest BCUT2D eigenvalue weighted by atomic mass is 19.4. The van der Waals surface area contributed by atoms with Crippen molar-refractivity contribution in [3.05, 3.63) is 66.1 Å². The average molecular weight is 486 g/mol. The Hall–Kier alpha value is -3.95. The summed E-state index contributed by atoms with van der Waals surface area (Å²) < 4.78 is 61.6. The van der Waals surface area contributed by atoms with Crippen LogP contribution in [0.25, 0.3) is 28.2 Å². The number of imidazole rings is 1. The summed E-state index contributed by atoms with van der Waals surface area (Å²) in [5.41, 5.74) is -0.575. The molecule has 2 aromatic heterocycles. The zero-order valence-corrected chi connectivity index (χ0v) is 19.4. The van der Waals surface area contributed by atoms with Gasteiger partial charge in [0.15, 0.2) is 5.65 Å². The van der Waals surface area contributed by atoms with Crippen molar-refractivity contribution in [3.8, 4) is 28.3 Å². The van der Waals surface area contributed by atoms with Crippen molar-refractivity contribution < 1.29 is 27.1 Å². The quantitative estimate of drug-likeness (QED) is 0.348. The van der Waals surface area contributed by atoms with E-state index < -0.39 is 28.9 Å². The van der Waals surface area contributed by atoms with Gasteiger partial charge in [-0.1, -0.05) is 26.8 Å². The summed E-state index contributed by atoms with van der Waals surface area (Å²) in [5.74, 6) is -0.578. The number of anilines is 1. The Morgan fingerprint density at radius 2 is 1.74 bits per heavy atom. The molecule has 0 aliphatic heterocycles. The van der Waals surface area contributed by atoms with E-state index in [1.807, 2.05) is 0 Å². The summed E-state index contributed by atoms with van der Waals surface area (Å²) in [7, 11) is 1.47. The Morgan fingerprint density at radius 3 is 2.40 bits per heavy atom. The number of aromatic nitrogens is 3. The van der Waals surface area contributed by atoms with Gasteiger partial charge in [-0.2, -0.15) is 18.3 Å². The molecule has 0 unspecified atom stereocenters. The predicted octanol–water partition coefficient (Wildman–Crippen LogP) is 6.21. The number of nitrogens with one attached hydrogen (secondary N) is 1. The van der Waals surface area contributed by atoms with E-state index in [0.29, 0.717) is 28.3 Å². The molecule has 0 aliphatic rings. The molecule has 0 atom stereocenters. The first-order chi connectivity index (χ1) is 16.4. The number of rotatable bonds is 4. The van der Waals surface area contributed by atoms with Crippen LogP contribution < -0.4 is 10.1 Å². The second-order valence-electron chi connectivity index (χ2n) is 8.96. The zero-order chi connectivity index (χ0) is 25.5. The molecule has 0 saturated carbocycles. The molecule has 0 spiro atoms. The van der Waals surface area contributed by atoms with Crippen LogP contribution in [0.5, 0.6) is 5.75 Å². The van der Waals surface area contributed by atoms with Crippen molar-refractivity contribution in [2.45, 2.75) is 26.9 Å². The molecule has 10 heteroatoms. The fraction of sp³-hybridized carbons (Fsp3) is 0.240. The van der Waals surface area contributed by atoms with Crippen LogP contribution >= 0.6 is 0 Å². The second kappa shape index (κ2) is 8.68. The first-order valence-corrected chi connectivity index (χ1v) is 10.6. The van der Waals surface area contributed by atoms with Crippen molar-refractivity contribution in [1.29, 1.82) is 0 Å². The topological polar surface area (TPSA) is 68.5 Å². The highest BCUT2D eigenvalue weighted by molar-refractivity contribution is 5.96. The van der Waals surface area contributed by atoms with Crippen LogP contribution in [0.3, 0.4) is 0 Å². The summed E-state index contributed by atoms with van der Waals surface area (Å²) in [4.78, 5) is 16.8. The molecule has 4 aromatic rings. The van der Waals surface area contributed by atoms with Crippen LogP contribution in [0.15, 0.2) is 54.7 Å².